The van der Waals surface area contributed by atoms with Gasteiger partial charge in [-0.2, -0.15) is 0 Å². The lowest BCUT2D eigenvalue weighted by molar-refractivity contribution is 0.324. The number of pyridine rings is 1. The predicted octanol–water partition coefficient (Wildman–Crippen LogP) is 2.85. The van der Waals surface area contributed by atoms with Crippen molar-refractivity contribution in [2.45, 2.75) is 6.92 Å². The molecule has 0 saturated heterocycles. The first-order valence-electron chi connectivity index (χ1n) is 3.18. The molecule has 0 N–H and O–H groups in total. The fourth-order valence-electron chi connectivity index (χ4n) is 0.645. The highest BCUT2D eigenvalue weighted by Gasteiger charge is 2.00. The second-order valence-corrected chi connectivity index (χ2v) is 3.97. The molecule has 2 nitrogen and oxygen atoms in total. The molecule has 0 aromatic carbocycles. The SMILES string of the molecule is CCOc1ncc(I)cc1Br. The van der Waals surface area contributed by atoms with Gasteiger partial charge in [0.15, 0.2) is 0 Å². The molecular formula is C7H7BrINO. The minimum atomic E-state index is 0.645. The fourth-order valence-corrected chi connectivity index (χ4v) is 1.99. The van der Waals surface area contributed by atoms with E-state index in [1.54, 1.807) is 6.20 Å². The van der Waals surface area contributed by atoms with Crippen LogP contribution >= 0.6 is 38.5 Å². The molecule has 0 radical (unpaired) electrons. The van der Waals surface area contributed by atoms with Crippen molar-refractivity contribution in [1.82, 2.24) is 4.98 Å². The number of rotatable bonds is 2. The number of hydrogen-bond acceptors (Lipinski definition) is 2. The molecule has 0 amide bonds. The van der Waals surface area contributed by atoms with E-state index in [0.717, 1.165) is 8.04 Å². The van der Waals surface area contributed by atoms with Gasteiger partial charge in [-0.15, -0.1) is 0 Å². The lowest BCUT2D eigenvalue weighted by atomic mass is 10.5. The van der Waals surface area contributed by atoms with Gasteiger partial charge in [0.2, 0.25) is 5.88 Å². The number of aromatic nitrogens is 1. The van der Waals surface area contributed by atoms with Gasteiger partial charge in [-0.25, -0.2) is 4.98 Å². The summed E-state index contributed by atoms with van der Waals surface area (Å²) < 4.78 is 7.23. The number of halogens is 2. The standard InChI is InChI=1S/C7H7BrINO/c1-2-11-7-6(8)3-5(9)4-10-7/h3-4H,2H2,1H3. The summed E-state index contributed by atoms with van der Waals surface area (Å²) in [6.45, 7) is 2.58. The van der Waals surface area contributed by atoms with E-state index >= 15 is 0 Å². The molecule has 1 heterocycles. The Morgan fingerprint density at radius 2 is 2.45 bits per heavy atom. The Morgan fingerprint density at radius 3 is 3.00 bits per heavy atom. The van der Waals surface area contributed by atoms with Gasteiger partial charge in [0.05, 0.1) is 11.1 Å². The Hall–Kier alpha value is 0.160. The van der Waals surface area contributed by atoms with Crippen molar-refractivity contribution in [3.8, 4) is 5.88 Å². The van der Waals surface area contributed by atoms with E-state index in [0.29, 0.717) is 12.5 Å². The van der Waals surface area contributed by atoms with Crippen LogP contribution in [-0.2, 0) is 0 Å². The number of nitrogens with zero attached hydrogens (tertiary/aromatic N) is 1. The van der Waals surface area contributed by atoms with Gasteiger partial charge in [-0.05, 0) is 51.5 Å². The van der Waals surface area contributed by atoms with Crippen molar-refractivity contribution in [1.29, 1.82) is 0 Å². The van der Waals surface area contributed by atoms with Crippen LogP contribution in [-0.4, -0.2) is 11.6 Å². The normalized spacial score (nSPS) is 9.73. The summed E-state index contributed by atoms with van der Waals surface area (Å²) in [7, 11) is 0. The molecule has 0 unspecified atom stereocenters. The van der Waals surface area contributed by atoms with E-state index in [9.17, 15) is 0 Å². The van der Waals surface area contributed by atoms with Crippen LogP contribution in [0.3, 0.4) is 0 Å². The average molecular weight is 328 g/mol. The van der Waals surface area contributed by atoms with Crippen molar-refractivity contribution in [3.05, 3.63) is 20.3 Å². The first kappa shape index (κ1) is 9.25. The van der Waals surface area contributed by atoms with E-state index < -0.39 is 0 Å². The van der Waals surface area contributed by atoms with Gasteiger partial charge in [-0.3, -0.25) is 0 Å². The highest BCUT2D eigenvalue weighted by Crippen LogP contribution is 2.23. The highest BCUT2D eigenvalue weighted by atomic mass is 127. The van der Waals surface area contributed by atoms with Crippen molar-refractivity contribution in [3.63, 3.8) is 0 Å². The first-order chi connectivity index (χ1) is 5.24. The van der Waals surface area contributed by atoms with Crippen molar-refractivity contribution < 1.29 is 4.74 Å². The quantitative estimate of drug-likeness (QED) is 0.779. The molecule has 60 valence electrons. The lowest BCUT2D eigenvalue weighted by Gasteiger charge is -2.03. The summed E-state index contributed by atoms with van der Waals surface area (Å²) in [6, 6.07) is 1.97. The van der Waals surface area contributed by atoms with Crippen LogP contribution in [0.1, 0.15) is 6.92 Å². The average Bonchev–Trinajstić information content (AvgIpc) is 1.95. The fraction of sp³-hybridized carbons (Fsp3) is 0.286. The Morgan fingerprint density at radius 1 is 1.73 bits per heavy atom. The maximum Gasteiger partial charge on any atom is 0.227 e. The molecular weight excluding hydrogens is 321 g/mol. The Balaban J connectivity index is 2.90. The zero-order chi connectivity index (χ0) is 8.27. The van der Waals surface area contributed by atoms with Crippen LogP contribution in [0.5, 0.6) is 5.88 Å². The molecule has 0 atom stereocenters. The molecule has 0 aliphatic carbocycles. The minimum Gasteiger partial charge on any atom is -0.477 e. The third-order valence-electron chi connectivity index (χ3n) is 1.06. The van der Waals surface area contributed by atoms with E-state index in [4.69, 9.17) is 4.74 Å². The summed E-state index contributed by atoms with van der Waals surface area (Å²) in [5.74, 6) is 0.660. The Bertz CT molecular complexity index is 254. The first-order valence-corrected chi connectivity index (χ1v) is 5.05. The van der Waals surface area contributed by atoms with Crippen LogP contribution in [0.15, 0.2) is 16.7 Å². The van der Waals surface area contributed by atoms with Crippen molar-refractivity contribution >= 4 is 38.5 Å². The van der Waals surface area contributed by atoms with E-state index in [1.807, 2.05) is 13.0 Å². The molecule has 1 aromatic rings. The summed E-state index contributed by atoms with van der Waals surface area (Å²) in [5, 5.41) is 0. The second-order valence-electron chi connectivity index (χ2n) is 1.87. The molecule has 0 aliphatic heterocycles. The topological polar surface area (TPSA) is 22.1 Å². The Kier molecular flexibility index (Phi) is 3.58. The van der Waals surface area contributed by atoms with Crippen LogP contribution in [0.25, 0.3) is 0 Å². The number of ether oxygens (including phenoxy) is 1. The minimum absolute atomic E-state index is 0.645. The molecule has 4 heteroatoms. The van der Waals surface area contributed by atoms with Gasteiger partial charge >= 0.3 is 0 Å². The van der Waals surface area contributed by atoms with E-state index in [-0.39, 0.29) is 0 Å². The zero-order valence-corrected chi connectivity index (χ0v) is 9.72. The third kappa shape index (κ3) is 2.59. The van der Waals surface area contributed by atoms with Crippen LogP contribution < -0.4 is 4.74 Å². The van der Waals surface area contributed by atoms with E-state index in [1.165, 1.54) is 0 Å². The summed E-state index contributed by atoms with van der Waals surface area (Å²) in [5.41, 5.74) is 0. The zero-order valence-electron chi connectivity index (χ0n) is 5.97. The van der Waals surface area contributed by atoms with Crippen LogP contribution in [0, 0.1) is 3.57 Å². The van der Waals surface area contributed by atoms with Crippen LogP contribution in [0.2, 0.25) is 0 Å². The predicted molar refractivity (Wildman–Crippen MR) is 55.8 cm³/mol. The van der Waals surface area contributed by atoms with Crippen molar-refractivity contribution in [2.75, 3.05) is 6.61 Å². The molecule has 0 saturated carbocycles. The third-order valence-corrected chi connectivity index (χ3v) is 2.21. The summed E-state index contributed by atoms with van der Waals surface area (Å²) in [4.78, 5) is 4.09. The second kappa shape index (κ2) is 4.25. The largest absolute Gasteiger partial charge is 0.477 e. The van der Waals surface area contributed by atoms with E-state index in [2.05, 4.69) is 43.5 Å². The molecule has 1 aromatic heterocycles. The smallest absolute Gasteiger partial charge is 0.227 e. The van der Waals surface area contributed by atoms with Gasteiger partial charge in [0.25, 0.3) is 0 Å². The molecule has 11 heavy (non-hydrogen) atoms. The summed E-state index contributed by atoms with van der Waals surface area (Å²) >= 11 is 5.56. The van der Waals surface area contributed by atoms with Crippen molar-refractivity contribution in [2.24, 2.45) is 0 Å². The molecule has 0 bridgehead atoms. The maximum atomic E-state index is 5.23. The maximum absolute atomic E-state index is 5.23. The number of hydrogen-bond donors (Lipinski definition) is 0. The summed E-state index contributed by atoms with van der Waals surface area (Å²) in [6.07, 6.45) is 1.77. The molecule has 0 aliphatic rings. The lowest BCUT2D eigenvalue weighted by Crippen LogP contribution is -1.95. The van der Waals surface area contributed by atoms with Gasteiger partial charge in [0.1, 0.15) is 0 Å². The molecule has 1 rings (SSSR count). The monoisotopic (exact) mass is 327 g/mol. The van der Waals surface area contributed by atoms with Gasteiger partial charge in [0, 0.05) is 9.77 Å². The highest BCUT2D eigenvalue weighted by molar-refractivity contribution is 14.1. The van der Waals surface area contributed by atoms with Crippen LogP contribution in [0.4, 0.5) is 0 Å². The molecule has 0 fully saturated rings. The molecule has 0 spiro atoms. The van der Waals surface area contributed by atoms with Gasteiger partial charge in [-0.1, -0.05) is 0 Å². The Labute approximate surface area is 87.6 Å². The van der Waals surface area contributed by atoms with Gasteiger partial charge < -0.3 is 4.74 Å².